The first-order chi connectivity index (χ1) is 7.65. The molecule has 0 atom stereocenters. The van der Waals surface area contributed by atoms with Crippen molar-refractivity contribution < 1.29 is 9.66 Å². The van der Waals surface area contributed by atoms with E-state index in [1.165, 1.54) is 18.2 Å². The zero-order chi connectivity index (χ0) is 12.0. The summed E-state index contributed by atoms with van der Waals surface area (Å²) in [5, 5.41) is 10.9. The third-order valence-electron chi connectivity index (χ3n) is 1.94. The fourth-order valence-corrected chi connectivity index (χ4v) is 1.30. The summed E-state index contributed by atoms with van der Waals surface area (Å²) in [5.74, 6) is 0.347. The van der Waals surface area contributed by atoms with Gasteiger partial charge in [0.1, 0.15) is 5.75 Å². The van der Waals surface area contributed by atoms with Crippen LogP contribution in [0.4, 0.5) is 5.69 Å². The summed E-state index contributed by atoms with van der Waals surface area (Å²) in [4.78, 5) is 10.1. The molecule has 0 fully saturated rings. The van der Waals surface area contributed by atoms with Crippen LogP contribution in [0.25, 0.3) is 0 Å². The molecular weight excluding hydrogens is 230 g/mol. The molecule has 4 nitrogen and oxygen atoms in total. The summed E-state index contributed by atoms with van der Waals surface area (Å²) in [6.45, 7) is 4.05. The van der Waals surface area contributed by atoms with Crippen LogP contribution < -0.4 is 4.74 Å². The lowest BCUT2D eigenvalue weighted by atomic mass is 10.3. The summed E-state index contributed by atoms with van der Waals surface area (Å²) in [7, 11) is 0. The predicted octanol–water partition coefficient (Wildman–Crippen LogP) is 3.59. The van der Waals surface area contributed by atoms with Crippen LogP contribution in [0.3, 0.4) is 0 Å². The maximum atomic E-state index is 10.5. The van der Waals surface area contributed by atoms with E-state index in [2.05, 4.69) is 6.58 Å². The Morgan fingerprint density at radius 1 is 1.56 bits per heavy atom. The van der Waals surface area contributed by atoms with E-state index in [-0.39, 0.29) is 5.69 Å². The molecule has 0 heterocycles. The van der Waals surface area contributed by atoms with Gasteiger partial charge in [-0.2, -0.15) is 0 Å². The number of hydrogen-bond donors (Lipinski definition) is 0. The molecule has 0 saturated carbocycles. The second kappa shape index (κ2) is 6.12. The molecule has 0 N–H and O–H groups in total. The number of benzene rings is 1. The topological polar surface area (TPSA) is 52.4 Å². The zero-order valence-electron chi connectivity index (χ0n) is 8.69. The fraction of sp³-hybridized carbons (Fsp3) is 0.273. The number of non-ortho nitro benzene ring substituents is 1. The van der Waals surface area contributed by atoms with Gasteiger partial charge in [-0.15, -0.1) is 6.58 Å². The van der Waals surface area contributed by atoms with Crippen LogP contribution in [0.15, 0.2) is 30.9 Å². The van der Waals surface area contributed by atoms with E-state index in [1.54, 1.807) is 6.08 Å². The Labute approximate surface area is 98.6 Å². The molecule has 0 aliphatic heterocycles. The van der Waals surface area contributed by atoms with E-state index < -0.39 is 4.92 Å². The first kappa shape index (κ1) is 12.5. The molecule has 0 spiro atoms. The fourth-order valence-electron chi connectivity index (χ4n) is 1.13. The van der Waals surface area contributed by atoms with Gasteiger partial charge in [-0.1, -0.05) is 17.7 Å². The monoisotopic (exact) mass is 241 g/mol. The Hall–Kier alpha value is -1.55. The molecule has 5 heteroatoms. The number of hydrogen-bond acceptors (Lipinski definition) is 3. The van der Waals surface area contributed by atoms with Crippen LogP contribution in [0.1, 0.15) is 12.8 Å². The van der Waals surface area contributed by atoms with Crippen molar-refractivity contribution in [3.05, 3.63) is 46.0 Å². The number of nitro benzene ring substituents is 1. The minimum Gasteiger partial charge on any atom is -0.492 e. The van der Waals surface area contributed by atoms with Crippen molar-refractivity contribution in [3.63, 3.8) is 0 Å². The third-order valence-corrected chi connectivity index (χ3v) is 2.25. The summed E-state index contributed by atoms with van der Waals surface area (Å²) in [6, 6.07) is 4.14. The number of unbranched alkanes of at least 4 members (excludes halogenated alkanes) is 1. The SMILES string of the molecule is C=CCCCOc1cc([N+](=O)[O-])ccc1Cl. The van der Waals surface area contributed by atoms with Crippen LogP contribution in [0, 0.1) is 10.1 Å². The summed E-state index contributed by atoms with van der Waals surface area (Å²) in [6.07, 6.45) is 3.44. The van der Waals surface area contributed by atoms with Gasteiger partial charge in [0.2, 0.25) is 0 Å². The molecule has 86 valence electrons. The van der Waals surface area contributed by atoms with E-state index in [4.69, 9.17) is 16.3 Å². The second-order valence-electron chi connectivity index (χ2n) is 3.15. The summed E-state index contributed by atoms with van der Waals surface area (Å²) >= 11 is 5.85. The predicted molar refractivity (Wildman–Crippen MR) is 63.0 cm³/mol. The summed E-state index contributed by atoms with van der Waals surface area (Å²) < 4.78 is 5.35. The van der Waals surface area contributed by atoms with Crippen LogP contribution in [-0.4, -0.2) is 11.5 Å². The normalized spacial score (nSPS) is 9.81. The molecule has 0 aliphatic carbocycles. The van der Waals surface area contributed by atoms with Crippen LogP contribution in [0.5, 0.6) is 5.75 Å². The molecule has 1 rings (SSSR count). The Morgan fingerprint density at radius 2 is 2.31 bits per heavy atom. The van der Waals surface area contributed by atoms with E-state index in [0.717, 1.165) is 12.8 Å². The van der Waals surface area contributed by atoms with Gasteiger partial charge in [0, 0.05) is 6.07 Å². The average molecular weight is 242 g/mol. The Kier molecular flexibility index (Phi) is 4.79. The molecule has 0 unspecified atom stereocenters. The summed E-state index contributed by atoms with van der Waals surface area (Å²) in [5.41, 5.74) is -0.0249. The smallest absolute Gasteiger partial charge is 0.273 e. The Bertz CT molecular complexity index is 393. The number of ether oxygens (including phenoxy) is 1. The molecular formula is C11H12ClNO3. The van der Waals surface area contributed by atoms with Gasteiger partial charge in [-0.05, 0) is 18.9 Å². The standard InChI is InChI=1S/C11H12ClNO3/c1-2-3-4-7-16-11-8-9(13(14)15)5-6-10(11)12/h2,5-6,8H,1,3-4,7H2. The molecule has 0 radical (unpaired) electrons. The van der Waals surface area contributed by atoms with Gasteiger partial charge >= 0.3 is 0 Å². The number of halogens is 1. The highest BCUT2D eigenvalue weighted by Gasteiger charge is 2.10. The van der Waals surface area contributed by atoms with Crippen LogP contribution >= 0.6 is 11.6 Å². The molecule has 0 bridgehead atoms. The maximum Gasteiger partial charge on any atom is 0.273 e. The minimum atomic E-state index is -0.479. The van der Waals surface area contributed by atoms with E-state index >= 15 is 0 Å². The molecule has 0 saturated heterocycles. The third kappa shape index (κ3) is 3.55. The van der Waals surface area contributed by atoms with Crippen molar-refractivity contribution in [1.82, 2.24) is 0 Å². The van der Waals surface area contributed by atoms with Gasteiger partial charge in [0.15, 0.2) is 0 Å². The lowest BCUT2D eigenvalue weighted by molar-refractivity contribution is -0.384. The minimum absolute atomic E-state index is 0.0249. The van der Waals surface area contributed by atoms with Crippen molar-refractivity contribution in [2.75, 3.05) is 6.61 Å². The van der Waals surface area contributed by atoms with Gasteiger partial charge in [-0.3, -0.25) is 10.1 Å². The molecule has 1 aromatic rings. The number of allylic oxidation sites excluding steroid dienone is 1. The van der Waals surface area contributed by atoms with Gasteiger partial charge in [0.25, 0.3) is 5.69 Å². The largest absolute Gasteiger partial charge is 0.492 e. The van der Waals surface area contributed by atoms with Crippen LogP contribution in [-0.2, 0) is 0 Å². The van der Waals surface area contributed by atoms with E-state index in [9.17, 15) is 10.1 Å². The molecule has 0 aromatic heterocycles. The van der Waals surface area contributed by atoms with Gasteiger partial charge < -0.3 is 4.74 Å². The first-order valence-electron chi connectivity index (χ1n) is 4.83. The van der Waals surface area contributed by atoms with E-state index in [1.807, 2.05) is 0 Å². The van der Waals surface area contributed by atoms with Crippen LogP contribution in [0.2, 0.25) is 5.02 Å². The highest BCUT2D eigenvalue weighted by atomic mass is 35.5. The quantitative estimate of drug-likeness (QED) is 0.331. The Morgan fingerprint density at radius 3 is 2.94 bits per heavy atom. The molecule has 0 aliphatic rings. The van der Waals surface area contributed by atoms with Crippen molar-refractivity contribution in [2.24, 2.45) is 0 Å². The van der Waals surface area contributed by atoms with Gasteiger partial charge in [0.05, 0.1) is 22.6 Å². The highest BCUT2D eigenvalue weighted by Crippen LogP contribution is 2.28. The maximum absolute atomic E-state index is 10.5. The lowest BCUT2D eigenvalue weighted by Gasteiger charge is -2.06. The highest BCUT2D eigenvalue weighted by molar-refractivity contribution is 6.32. The zero-order valence-corrected chi connectivity index (χ0v) is 9.44. The molecule has 16 heavy (non-hydrogen) atoms. The number of rotatable bonds is 6. The number of nitro groups is 1. The Balaban J connectivity index is 2.66. The lowest BCUT2D eigenvalue weighted by Crippen LogP contribution is -1.98. The number of nitrogens with zero attached hydrogens (tertiary/aromatic N) is 1. The van der Waals surface area contributed by atoms with Crippen molar-refractivity contribution in [3.8, 4) is 5.75 Å². The van der Waals surface area contributed by atoms with Crippen molar-refractivity contribution in [1.29, 1.82) is 0 Å². The van der Waals surface area contributed by atoms with E-state index in [0.29, 0.717) is 17.4 Å². The molecule has 1 aromatic carbocycles. The second-order valence-corrected chi connectivity index (χ2v) is 3.56. The first-order valence-corrected chi connectivity index (χ1v) is 5.20. The van der Waals surface area contributed by atoms with Crippen molar-refractivity contribution >= 4 is 17.3 Å². The van der Waals surface area contributed by atoms with Gasteiger partial charge in [-0.25, -0.2) is 0 Å². The molecule has 0 amide bonds. The van der Waals surface area contributed by atoms with Crippen molar-refractivity contribution in [2.45, 2.75) is 12.8 Å². The average Bonchev–Trinajstić information content (AvgIpc) is 2.26.